The van der Waals surface area contributed by atoms with Crippen LogP contribution >= 0.6 is 0 Å². The van der Waals surface area contributed by atoms with Crippen LogP contribution in [0.5, 0.6) is 0 Å². The third kappa shape index (κ3) is 4.96. The Kier molecular flexibility index (Phi) is 6.74. The Labute approximate surface area is 211 Å². The largest absolute Gasteiger partial charge is 0.456 e. The molecule has 1 aliphatic rings. The van der Waals surface area contributed by atoms with Gasteiger partial charge < -0.3 is 9.32 Å². The van der Waals surface area contributed by atoms with Gasteiger partial charge in [-0.15, -0.1) is 0 Å². The fraction of sp³-hybridized carbons (Fsp3) is 0.469. The topological polar surface area (TPSA) is 33.5 Å². The second-order valence-corrected chi connectivity index (χ2v) is 11.9. The monoisotopic (exact) mass is 471 g/mol. The maximum Gasteiger partial charge on any atom is 0.289 e. The zero-order valence-electron chi connectivity index (χ0n) is 22.7. The van der Waals surface area contributed by atoms with Crippen LogP contribution in [-0.2, 0) is 17.3 Å². The molecule has 1 heterocycles. The predicted molar refractivity (Wildman–Crippen MR) is 144 cm³/mol. The minimum atomic E-state index is -0.0726. The maximum absolute atomic E-state index is 13.2. The number of carbonyl (C=O) groups is 1. The molecule has 0 radical (unpaired) electrons. The fourth-order valence-corrected chi connectivity index (χ4v) is 5.46. The lowest BCUT2D eigenvalue weighted by Crippen LogP contribution is -2.38. The van der Waals surface area contributed by atoms with E-state index in [1.807, 2.05) is 37.4 Å². The molecule has 0 spiro atoms. The Morgan fingerprint density at radius 1 is 0.943 bits per heavy atom. The molecular weight excluding hydrogens is 430 g/mol. The van der Waals surface area contributed by atoms with Crippen LogP contribution in [0.3, 0.4) is 0 Å². The van der Waals surface area contributed by atoms with Crippen LogP contribution in [0, 0.1) is 6.92 Å². The molecule has 1 aliphatic carbocycles. The summed E-state index contributed by atoms with van der Waals surface area (Å²) in [5, 5.41) is 0. The first kappa shape index (κ1) is 25.3. The zero-order chi connectivity index (χ0) is 25.5. The highest BCUT2D eigenvalue weighted by Crippen LogP contribution is 2.46. The SMILES string of the molecule is Cc1cc2c(cc1Cc1ccc(C(=O)N(C)[C@@H](C)[C@H](C)c3ccccc3)o1)C(C)(C)CCC2(C)C. The van der Waals surface area contributed by atoms with Gasteiger partial charge in [0.1, 0.15) is 5.76 Å². The van der Waals surface area contributed by atoms with E-state index in [0.717, 1.165) is 5.76 Å². The van der Waals surface area contributed by atoms with Crippen molar-refractivity contribution in [2.45, 2.75) is 90.5 Å². The summed E-state index contributed by atoms with van der Waals surface area (Å²) in [6.07, 6.45) is 3.10. The molecule has 35 heavy (non-hydrogen) atoms. The van der Waals surface area contributed by atoms with Crippen molar-refractivity contribution in [3.63, 3.8) is 0 Å². The highest BCUT2D eigenvalue weighted by molar-refractivity contribution is 5.91. The molecule has 186 valence electrons. The van der Waals surface area contributed by atoms with Gasteiger partial charge in [0, 0.05) is 25.4 Å². The molecule has 0 bridgehead atoms. The standard InChI is InChI=1S/C32H41NO2/c1-21-18-27-28(32(6,7)17-16-31(27,4)5)20-25(21)19-26-14-15-29(35-26)30(34)33(8)23(3)22(2)24-12-10-9-11-13-24/h9-15,18,20,22-23H,16-17,19H2,1-8H3/t22-,23-/m0/s1. The summed E-state index contributed by atoms with van der Waals surface area (Å²) < 4.78 is 6.11. The number of likely N-dealkylation sites (N-methyl/N-ethyl adjacent to an activating group) is 1. The molecule has 0 unspecified atom stereocenters. The van der Waals surface area contributed by atoms with E-state index in [0.29, 0.717) is 12.2 Å². The minimum Gasteiger partial charge on any atom is -0.456 e. The van der Waals surface area contributed by atoms with E-state index in [-0.39, 0.29) is 28.7 Å². The Morgan fingerprint density at radius 2 is 1.54 bits per heavy atom. The van der Waals surface area contributed by atoms with E-state index in [1.165, 1.54) is 40.7 Å². The van der Waals surface area contributed by atoms with Gasteiger partial charge >= 0.3 is 0 Å². The van der Waals surface area contributed by atoms with E-state index >= 15 is 0 Å². The van der Waals surface area contributed by atoms with Crippen LogP contribution in [0.4, 0.5) is 0 Å². The van der Waals surface area contributed by atoms with Gasteiger partial charge in [-0.2, -0.15) is 0 Å². The van der Waals surface area contributed by atoms with Gasteiger partial charge in [-0.3, -0.25) is 4.79 Å². The van der Waals surface area contributed by atoms with Crippen LogP contribution in [0.2, 0.25) is 0 Å². The van der Waals surface area contributed by atoms with Crippen LogP contribution in [0.15, 0.2) is 59.0 Å². The lowest BCUT2D eigenvalue weighted by molar-refractivity contribution is 0.0692. The highest BCUT2D eigenvalue weighted by atomic mass is 16.4. The summed E-state index contributed by atoms with van der Waals surface area (Å²) in [6.45, 7) is 15.9. The summed E-state index contributed by atoms with van der Waals surface area (Å²) >= 11 is 0. The first-order valence-electron chi connectivity index (χ1n) is 13.0. The lowest BCUT2D eigenvalue weighted by atomic mass is 9.62. The van der Waals surface area contributed by atoms with Crippen molar-refractivity contribution in [1.82, 2.24) is 4.90 Å². The minimum absolute atomic E-state index is 0.0481. The Bertz CT molecular complexity index is 1200. The Balaban J connectivity index is 1.53. The molecule has 0 fully saturated rings. The molecule has 3 aromatic rings. The van der Waals surface area contributed by atoms with Crippen molar-refractivity contribution in [3.05, 3.63) is 93.9 Å². The molecule has 2 atom stereocenters. The fourth-order valence-electron chi connectivity index (χ4n) is 5.46. The summed E-state index contributed by atoms with van der Waals surface area (Å²) in [6, 6.07) is 19.0. The number of nitrogens with zero attached hydrogens (tertiary/aromatic N) is 1. The number of hydrogen-bond donors (Lipinski definition) is 0. The summed E-state index contributed by atoms with van der Waals surface area (Å²) in [5.41, 5.74) is 7.12. The smallest absolute Gasteiger partial charge is 0.289 e. The third-order valence-corrected chi connectivity index (χ3v) is 8.53. The van der Waals surface area contributed by atoms with E-state index in [9.17, 15) is 4.79 Å². The first-order valence-corrected chi connectivity index (χ1v) is 13.0. The van der Waals surface area contributed by atoms with E-state index < -0.39 is 0 Å². The van der Waals surface area contributed by atoms with Crippen molar-refractivity contribution < 1.29 is 9.21 Å². The molecule has 0 saturated heterocycles. The molecule has 0 N–H and O–H groups in total. The highest BCUT2D eigenvalue weighted by Gasteiger charge is 2.37. The molecule has 4 rings (SSSR count). The van der Waals surface area contributed by atoms with Crippen molar-refractivity contribution >= 4 is 5.91 Å². The average molecular weight is 472 g/mol. The van der Waals surface area contributed by atoms with Gasteiger partial charge in [0.2, 0.25) is 0 Å². The number of aryl methyl sites for hydroxylation is 1. The van der Waals surface area contributed by atoms with E-state index in [2.05, 4.69) is 72.7 Å². The second kappa shape index (κ2) is 9.33. The number of benzene rings is 2. The van der Waals surface area contributed by atoms with Gasteiger partial charge in [-0.05, 0) is 77.5 Å². The van der Waals surface area contributed by atoms with Crippen LogP contribution in [-0.4, -0.2) is 23.9 Å². The van der Waals surface area contributed by atoms with E-state index in [1.54, 1.807) is 4.90 Å². The molecule has 3 heteroatoms. The van der Waals surface area contributed by atoms with Gasteiger partial charge in [-0.25, -0.2) is 0 Å². The molecular formula is C32H41NO2. The molecule has 0 aliphatic heterocycles. The summed E-state index contributed by atoms with van der Waals surface area (Å²) in [7, 11) is 1.87. The molecule has 1 aromatic heterocycles. The molecule has 3 nitrogen and oxygen atoms in total. The molecule has 1 amide bonds. The van der Waals surface area contributed by atoms with Crippen LogP contribution < -0.4 is 0 Å². The van der Waals surface area contributed by atoms with E-state index in [4.69, 9.17) is 4.42 Å². The number of amides is 1. The zero-order valence-corrected chi connectivity index (χ0v) is 22.7. The number of fused-ring (bicyclic) bond motifs is 1. The number of carbonyl (C=O) groups excluding carboxylic acids is 1. The van der Waals surface area contributed by atoms with Crippen molar-refractivity contribution in [2.75, 3.05) is 7.05 Å². The number of hydrogen-bond acceptors (Lipinski definition) is 2. The first-order chi connectivity index (χ1) is 16.4. The predicted octanol–water partition coefficient (Wildman–Crippen LogP) is 7.79. The van der Waals surface area contributed by atoms with Gasteiger partial charge in [0.15, 0.2) is 5.76 Å². The Morgan fingerprint density at radius 3 is 2.17 bits per heavy atom. The van der Waals surface area contributed by atoms with Gasteiger partial charge in [-0.1, -0.05) is 77.1 Å². The quantitative estimate of drug-likeness (QED) is 0.367. The van der Waals surface area contributed by atoms with Crippen molar-refractivity contribution in [3.8, 4) is 0 Å². The summed E-state index contributed by atoms with van der Waals surface area (Å²) in [4.78, 5) is 15.0. The third-order valence-electron chi connectivity index (χ3n) is 8.53. The Hall–Kier alpha value is -2.81. The normalized spacial score (nSPS) is 17.9. The molecule has 0 saturated carbocycles. The van der Waals surface area contributed by atoms with Crippen molar-refractivity contribution in [2.24, 2.45) is 0 Å². The second-order valence-electron chi connectivity index (χ2n) is 11.9. The van der Waals surface area contributed by atoms with Crippen LogP contribution in [0.25, 0.3) is 0 Å². The lowest BCUT2D eigenvalue weighted by Gasteiger charge is -2.42. The van der Waals surface area contributed by atoms with Gasteiger partial charge in [0.25, 0.3) is 5.91 Å². The maximum atomic E-state index is 13.2. The van der Waals surface area contributed by atoms with Gasteiger partial charge in [0.05, 0.1) is 0 Å². The molecule has 2 aromatic carbocycles. The van der Waals surface area contributed by atoms with Crippen LogP contribution in [0.1, 0.15) is 104 Å². The number of rotatable bonds is 6. The average Bonchev–Trinajstić information content (AvgIpc) is 3.30. The number of furan rings is 1. The summed E-state index contributed by atoms with van der Waals surface area (Å²) in [5.74, 6) is 1.40. The van der Waals surface area contributed by atoms with Crippen molar-refractivity contribution in [1.29, 1.82) is 0 Å².